The van der Waals surface area contributed by atoms with Gasteiger partial charge in [0.1, 0.15) is 17.3 Å². The van der Waals surface area contributed by atoms with Crippen molar-refractivity contribution in [1.82, 2.24) is 15.1 Å². The molecule has 25 heavy (non-hydrogen) atoms. The number of benzene rings is 2. The van der Waals surface area contributed by atoms with Crippen molar-refractivity contribution in [3.63, 3.8) is 0 Å². The molecule has 0 aliphatic carbocycles. The van der Waals surface area contributed by atoms with Gasteiger partial charge in [0.2, 0.25) is 0 Å². The Morgan fingerprint density at radius 2 is 1.76 bits per heavy atom. The van der Waals surface area contributed by atoms with Gasteiger partial charge in [-0.2, -0.15) is 5.10 Å². The zero-order valence-corrected chi connectivity index (χ0v) is 13.1. The van der Waals surface area contributed by atoms with E-state index in [1.54, 1.807) is 18.2 Å². The molecule has 1 heterocycles. The van der Waals surface area contributed by atoms with Crippen LogP contribution in [0.1, 0.15) is 22.2 Å². The van der Waals surface area contributed by atoms with Crippen LogP contribution in [0, 0.1) is 11.6 Å². The van der Waals surface area contributed by atoms with E-state index in [4.69, 9.17) is 0 Å². The molecule has 0 spiro atoms. The summed E-state index contributed by atoms with van der Waals surface area (Å²) in [5, 5.41) is 16.5. The first-order valence-electron chi connectivity index (χ1n) is 7.57. The van der Waals surface area contributed by atoms with Crippen LogP contribution in [0.2, 0.25) is 0 Å². The van der Waals surface area contributed by atoms with Gasteiger partial charge in [-0.3, -0.25) is 4.79 Å². The van der Waals surface area contributed by atoms with Crippen LogP contribution in [-0.2, 0) is 0 Å². The molecule has 0 saturated heterocycles. The summed E-state index contributed by atoms with van der Waals surface area (Å²) in [7, 11) is 0. The quantitative estimate of drug-likeness (QED) is 0.748. The van der Waals surface area contributed by atoms with E-state index in [2.05, 4.69) is 10.4 Å². The molecular formula is C18H15F2N3O2. The standard InChI is InChI=1S/C18H15F2N3O2/c19-13-6-2-1-5-12(13)17(24)11-21-18(25)15-9-10-23(22-15)16-8-4-3-7-14(16)20/h1-10,17,24H,11H2,(H,21,25). The van der Waals surface area contributed by atoms with Crippen LogP contribution in [0.15, 0.2) is 60.8 Å². The number of carbonyl (C=O) groups excluding carboxylic acids is 1. The molecule has 3 aromatic rings. The van der Waals surface area contributed by atoms with Crippen LogP contribution in [-0.4, -0.2) is 27.3 Å². The molecule has 0 bridgehead atoms. The van der Waals surface area contributed by atoms with E-state index >= 15 is 0 Å². The number of aromatic nitrogens is 2. The van der Waals surface area contributed by atoms with Crippen molar-refractivity contribution < 1.29 is 18.7 Å². The second-order valence-corrected chi connectivity index (χ2v) is 5.34. The average Bonchev–Trinajstić information content (AvgIpc) is 3.10. The van der Waals surface area contributed by atoms with Crippen molar-refractivity contribution >= 4 is 5.91 Å². The monoisotopic (exact) mass is 343 g/mol. The fraction of sp³-hybridized carbons (Fsp3) is 0.111. The first kappa shape index (κ1) is 16.8. The Balaban J connectivity index is 1.67. The number of nitrogens with one attached hydrogen (secondary N) is 1. The van der Waals surface area contributed by atoms with Crippen LogP contribution in [0.5, 0.6) is 0 Å². The van der Waals surface area contributed by atoms with Crippen LogP contribution in [0.3, 0.4) is 0 Å². The van der Waals surface area contributed by atoms with Gasteiger partial charge in [-0.25, -0.2) is 13.5 Å². The lowest BCUT2D eigenvalue weighted by molar-refractivity contribution is 0.0908. The highest BCUT2D eigenvalue weighted by atomic mass is 19.1. The second-order valence-electron chi connectivity index (χ2n) is 5.34. The van der Waals surface area contributed by atoms with E-state index in [1.807, 2.05) is 0 Å². The molecule has 7 heteroatoms. The summed E-state index contributed by atoms with van der Waals surface area (Å²) in [5.74, 6) is -1.56. The summed E-state index contributed by atoms with van der Waals surface area (Å²) in [5.41, 5.74) is 0.372. The van der Waals surface area contributed by atoms with E-state index in [-0.39, 0.29) is 23.5 Å². The minimum Gasteiger partial charge on any atom is -0.386 e. The first-order chi connectivity index (χ1) is 12.1. The smallest absolute Gasteiger partial charge is 0.271 e. The SMILES string of the molecule is O=C(NCC(O)c1ccccc1F)c1ccn(-c2ccccc2F)n1. The second kappa shape index (κ2) is 7.23. The number of aliphatic hydroxyl groups is 1. The van der Waals surface area contributed by atoms with Crippen molar-refractivity contribution in [3.8, 4) is 5.69 Å². The maximum Gasteiger partial charge on any atom is 0.271 e. The van der Waals surface area contributed by atoms with Gasteiger partial charge < -0.3 is 10.4 Å². The lowest BCUT2D eigenvalue weighted by atomic mass is 10.1. The molecule has 1 atom stereocenters. The van der Waals surface area contributed by atoms with Crippen molar-refractivity contribution in [3.05, 3.63) is 83.7 Å². The Morgan fingerprint density at radius 1 is 1.08 bits per heavy atom. The molecule has 1 amide bonds. The predicted molar refractivity (Wildman–Crippen MR) is 87.2 cm³/mol. The summed E-state index contributed by atoms with van der Waals surface area (Å²) in [6, 6.07) is 13.3. The van der Waals surface area contributed by atoms with E-state index in [0.29, 0.717) is 0 Å². The minimum absolute atomic E-state index is 0.0592. The summed E-state index contributed by atoms with van der Waals surface area (Å²) in [6.45, 7) is -0.174. The summed E-state index contributed by atoms with van der Waals surface area (Å²) in [4.78, 5) is 12.1. The maximum atomic E-state index is 13.7. The number of rotatable bonds is 5. The van der Waals surface area contributed by atoms with E-state index in [1.165, 1.54) is 47.3 Å². The third kappa shape index (κ3) is 3.72. The molecule has 1 unspecified atom stereocenters. The topological polar surface area (TPSA) is 67.2 Å². The number of hydrogen-bond acceptors (Lipinski definition) is 3. The highest BCUT2D eigenvalue weighted by Crippen LogP contribution is 2.16. The first-order valence-corrected chi connectivity index (χ1v) is 7.57. The average molecular weight is 343 g/mol. The third-order valence-electron chi connectivity index (χ3n) is 3.64. The maximum absolute atomic E-state index is 13.7. The summed E-state index contributed by atoms with van der Waals surface area (Å²) >= 11 is 0. The van der Waals surface area contributed by atoms with E-state index in [9.17, 15) is 18.7 Å². The number of carbonyl (C=O) groups is 1. The van der Waals surface area contributed by atoms with Gasteiger partial charge in [0.15, 0.2) is 5.69 Å². The number of hydrogen-bond donors (Lipinski definition) is 2. The molecule has 5 nitrogen and oxygen atoms in total. The number of para-hydroxylation sites is 1. The molecule has 2 N–H and O–H groups in total. The van der Waals surface area contributed by atoms with Gasteiger partial charge in [-0.05, 0) is 24.3 Å². The van der Waals surface area contributed by atoms with Crippen LogP contribution >= 0.6 is 0 Å². The largest absolute Gasteiger partial charge is 0.386 e. The van der Waals surface area contributed by atoms with Gasteiger partial charge in [0.05, 0.1) is 6.10 Å². The van der Waals surface area contributed by atoms with Crippen molar-refractivity contribution in [2.45, 2.75) is 6.10 Å². The highest BCUT2D eigenvalue weighted by Gasteiger charge is 2.16. The number of aliphatic hydroxyl groups excluding tert-OH is 1. The number of amides is 1. The molecule has 0 radical (unpaired) electrons. The number of nitrogens with zero attached hydrogens (tertiary/aromatic N) is 2. The Morgan fingerprint density at radius 3 is 2.48 bits per heavy atom. The molecule has 3 rings (SSSR count). The minimum atomic E-state index is -1.18. The molecule has 128 valence electrons. The van der Waals surface area contributed by atoms with Gasteiger partial charge >= 0.3 is 0 Å². The van der Waals surface area contributed by atoms with Crippen molar-refractivity contribution in [2.75, 3.05) is 6.54 Å². The van der Waals surface area contributed by atoms with Gasteiger partial charge in [0.25, 0.3) is 5.91 Å². The molecule has 0 fully saturated rings. The van der Waals surface area contributed by atoms with Gasteiger partial charge in [0, 0.05) is 18.3 Å². The highest BCUT2D eigenvalue weighted by molar-refractivity contribution is 5.92. The normalized spacial score (nSPS) is 12.0. The zero-order chi connectivity index (χ0) is 17.8. The molecule has 1 aromatic heterocycles. The van der Waals surface area contributed by atoms with Crippen LogP contribution in [0.25, 0.3) is 5.69 Å². The molecule has 0 aliphatic heterocycles. The Kier molecular flexibility index (Phi) is 4.85. The fourth-order valence-corrected chi connectivity index (χ4v) is 2.35. The van der Waals surface area contributed by atoms with Gasteiger partial charge in [-0.1, -0.05) is 30.3 Å². The molecular weight excluding hydrogens is 328 g/mol. The van der Waals surface area contributed by atoms with Crippen molar-refractivity contribution in [1.29, 1.82) is 0 Å². The van der Waals surface area contributed by atoms with E-state index < -0.39 is 23.6 Å². The fourth-order valence-electron chi connectivity index (χ4n) is 2.35. The lowest BCUT2D eigenvalue weighted by Gasteiger charge is -2.12. The summed E-state index contributed by atoms with van der Waals surface area (Å²) < 4.78 is 28.6. The Bertz CT molecular complexity index is 895. The Labute approximate surface area is 142 Å². The van der Waals surface area contributed by atoms with Crippen molar-refractivity contribution in [2.24, 2.45) is 0 Å². The van der Waals surface area contributed by atoms with Crippen LogP contribution in [0.4, 0.5) is 8.78 Å². The zero-order valence-electron chi connectivity index (χ0n) is 13.1. The van der Waals surface area contributed by atoms with Crippen LogP contribution < -0.4 is 5.32 Å². The Hall–Kier alpha value is -3.06. The predicted octanol–water partition coefficient (Wildman–Crippen LogP) is 2.61. The van der Waals surface area contributed by atoms with E-state index in [0.717, 1.165) is 0 Å². The number of halogens is 2. The molecule has 0 aliphatic rings. The molecule has 0 saturated carbocycles. The molecule has 2 aromatic carbocycles. The summed E-state index contributed by atoms with van der Waals surface area (Å²) in [6.07, 6.45) is 0.277. The lowest BCUT2D eigenvalue weighted by Crippen LogP contribution is -2.29. The third-order valence-corrected chi connectivity index (χ3v) is 3.64. The van der Waals surface area contributed by atoms with Gasteiger partial charge in [-0.15, -0.1) is 0 Å².